The summed E-state index contributed by atoms with van der Waals surface area (Å²) < 4.78 is 5.32. The summed E-state index contributed by atoms with van der Waals surface area (Å²) in [6, 6.07) is 6.43. The topological polar surface area (TPSA) is 58.6 Å². The Balaban J connectivity index is 1.55. The van der Waals surface area contributed by atoms with Crippen molar-refractivity contribution in [2.45, 2.75) is 52.9 Å². The molecule has 0 saturated heterocycles. The zero-order valence-electron chi connectivity index (χ0n) is 18.0. The fourth-order valence-electron chi connectivity index (χ4n) is 4.57. The van der Waals surface area contributed by atoms with E-state index in [1.807, 2.05) is 6.92 Å². The quantitative estimate of drug-likeness (QED) is 0.701. The second-order valence-corrected chi connectivity index (χ2v) is 9.59. The third kappa shape index (κ3) is 4.24. The minimum absolute atomic E-state index is 0.0828. The predicted octanol–water partition coefficient (Wildman–Crippen LogP) is 4.75. The summed E-state index contributed by atoms with van der Waals surface area (Å²) in [5, 5.41) is 3.70. The SMILES string of the molecule is CCOC(=O)c1c(NC(=O)CN2CCCc3cc(C)ccc32)sc2c1CCC(C)C2. The maximum absolute atomic E-state index is 13.0. The van der Waals surface area contributed by atoms with Crippen LogP contribution in [0.15, 0.2) is 18.2 Å². The Labute approximate surface area is 182 Å². The zero-order valence-corrected chi connectivity index (χ0v) is 18.9. The van der Waals surface area contributed by atoms with Crippen molar-refractivity contribution in [2.75, 3.05) is 29.9 Å². The summed E-state index contributed by atoms with van der Waals surface area (Å²) in [6.07, 6.45) is 4.99. The van der Waals surface area contributed by atoms with Crippen molar-refractivity contribution >= 4 is 33.9 Å². The fraction of sp³-hybridized carbons (Fsp3) is 0.500. The summed E-state index contributed by atoms with van der Waals surface area (Å²) in [5.41, 5.74) is 5.35. The number of rotatable bonds is 5. The Morgan fingerprint density at radius 1 is 1.30 bits per heavy atom. The molecule has 0 bridgehead atoms. The number of hydrogen-bond acceptors (Lipinski definition) is 5. The highest BCUT2D eigenvalue weighted by Crippen LogP contribution is 2.40. The summed E-state index contributed by atoms with van der Waals surface area (Å²) in [7, 11) is 0. The molecule has 6 heteroatoms. The summed E-state index contributed by atoms with van der Waals surface area (Å²) in [6.45, 7) is 7.64. The first-order chi connectivity index (χ1) is 14.5. The van der Waals surface area contributed by atoms with Crippen LogP contribution in [0.2, 0.25) is 0 Å². The summed E-state index contributed by atoms with van der Waals surface area (Å²) >= 11 is 1.55. The number of anilines is 2. The van der Waals surface area contributed by atoms with Gasteiger partial charge in [-0.1, -0.05) is 24.6 Å². The van der Waals surface area contributed by atoms with Crippen LogP contribution < -0.4 is 10.2 Å². The number of benzene rings is 1. The average Bonchev–Trinajstić information content (AvgIpc) is 3.04. The minimum Gasteiger partial charge on any atom is -0.462 e. The highest BCUT2D eigenvalue weighted by molar-refractivity contribution is 7.17. The highest BCUT2D eigenvalue weighted by Gasteiger charge is 2.29. The van der Waals surface area contributed by atoms with Crippen LogP contribution in [-0.4, -0.2) is 31.6 Å². The molecule has 2 heterocycles. The first-order valence-corrected chi connectivity index (χ1v) is 11.7. The van der Waals surface area contributed by atoms with Crippen molar-refractivity contribution < 1.29 is 14.3 Å². The van der Waals surface area contributed by atoms with Gasteiger partial charge in [0, 0.05) is 17.1 Å². The second-order valence-electron chi connectivity index (χ2n) is 8.48. The number of carbonyl (C=O) groups excluding carboxylic acids is 2. The lowest BCUT2D eigenvalue weighted by atomic mass is 9.88. The molecular formula is C24H30N2O3S. The smallest absolute Gasteiger partial charge is 0.341 e. The van der Waals surface area contributed by atoms with E-state index in [1.54, 1.807) is 11.3 Å². The van der Waals surface area contributed by atoms with E-state index in [2.05, 4.69) is 42.3 Å². The van der Waals surface area contributed by atoms with E-state index in [1.165, 1.54) is 16.0 Å². The maximum atomic E-state index is 13.0. The molecule has 1 aliphatic heterocycles. The van der Waals surface area contributed by atoms with Gasteiger partial charge in [0.05, 0.1) is 18.7 Å². The third-order valence-electron chi connectivity index (χ3n) is 6.03. The van der Waals surface area contributed by atoms with Crippen LogP contribution in [0.25, 0.3) is 0 Å². The number of hydrogen-bond donors (Lipinski definition) is 1. The van der Waals surface area contributed by atoms with Crippen LogP contribution in [0.3, 0.4) is 0 Å². The summed E-state index contributed by atoms with van der Waals surface area (Å²) in [5.74, 6) is 0.197. The van der Waals surface area contributed by atoms with Crippen molar-refractivity contribution in [3.8, 4) is 0 Å². The Morgan fingerprint density at radius 3 is 2.93 bits per heavy atom. The number of amides is 1. The maximum Gasteiger partial charge on any atom is 0.341 e. The lowest BCUT2D eigenvalue weighted by molar-refractivity contribution is -0.115. The molecule has 1 aromatic carbocycles. The van der Waals surface area contributed by atoms with Crippen LogP contribution in [0.1, 0.15) is 58.6 Å². The lowest BCUT2D eigenvalue weighted by Gasteiger charge is -2.31. The molecule has 5 nitrogen and oxygen atoms in total. The van der Waals surface area contributed by atoms with Crippen LogP contribution in [-0.2, 0) is 28.8 Å². The van der Waals surface area contributed by atoms with Gasteiger partial charge in [-0.05, 0) is 69.1 Å². The molecule has 4 rings (SSSR count). The Bertz CT molecular complexity index is 966. The number of thiophene rings is 1. The van der Waals surface area contributed by atoms with E-state index < -0.39 is 0 Å². The van der Waals surface area contributed by atoms with Gasteiger partial charge in [0.1, 0.15) is 5.00 Å². The minimum atomic E-state index is -0.321. The molecule has 0 fully saturated rings. The number of carbonyl (C=O) groups is 2. The largest absolute Gasteiger partial charge is 0.462 e. The Hall–Kier alpha value is -2.34. The van der Waals surface area contributed by atoms with Gasteiger partial charge in [0.15, 0.2) is 0 Å². The van der Waals surface area contributed by atoms with Crippen LogP contribution in [0.5, 0.6) is 0 Å². The average molecular weight is 427 g/mol. The van der Waals surface area contributed by atoms with Gasteiger partial charge in [-0.15, -0.1) is 11.3 Å². The van der Waals surface area contributed by atoms with Gasteiger partial charge >= 0.3 is 5.97 Å². The number of ether oxygens (including phenoxy) is 1. The van der Waals surface area contributed by atoms with Crippen molar-refractivity contribution in [3.05, 3.63) is 45.3 Å². The molecule has 1 unspecified atom stereocenters. The van der Waals surface area contributed by atoms with Crippen molar-refractivity contribution in [3.63, 3.8) is 0 Å². The Kier molecular flexibility index (Phi) is 6.14. The molecule has 1 N–H and O–H groups in total. The Morgan fingerprint density at radius 2 is 2.13 bits per heavy atom. The standard InChI is InChI=1S/C24H30N2O3S/c1-4-29-24(28)22-18-9-7-16(3)13-20(18)30-23(22)25-21(27)14-26-11-5-6-17-12-15(2)8-10-19(17)26/h8,10,12,16H,4-7,9,11,13-14H2,1-3H3,(H,25,27). The van der Waals surface area contributed by atoms with Crippen molar-refractivity contribution in [1.29, 1.82) is 0 Å². The normalized spacial score (nSPS) is 17.8. The molecule has 0 saturated carbocycles. The van der Waals surface area contributed by atoms with Crippen LogP contribution in [0.4, 0.5) is 10.7 Å². The number of esters is 1. The van der Waals surface area contributed by atoms with E-state index in [0.717, 1.165) is 49.9 Å². The summed E-state index contributed by atoms with van der Waals surface area (Å²) in [4.78, 5) is 29.0. The number of aryl methyl sites for hydroxylation is 2. The van der Waals surface area contributed by atoms with Gasteiger partial charge < -0.3 is 15.0 Å². The first kappa shape index (κ1) is 20.9. The van der Waals surface area contributed by atoms with Crippen molar-refractivity contribution in [2.24, 2.45) is 5.92 Å². The van der Waals surface area contributed by atoms with Crippen LogP contribution >= 0.6 is 11.3 Å². The number of nitrogens with one attached hydrogen (secondary N) is 1. The fourth-order valence-corrected chi connectivity index (χ4v) is 5.98. The molecule has 1 amide bonds. The molecule has 1 aliphatic carbocycles. The zero-order chi connectivity index (χ0) is 21.3. The molecule has 0 radical (unpaired) electrons. The van der Waals surface area contributed by atoms with E-state index in [-0.39, 0.29) is 18.4 Å². The number of nitrogens with zero attached hydrogens (tertiary/aromatic N) is 1. The van der Waals surface area contributed by atoms with Gasteiger partial charge in [0.2, 0.25) is 5.91 Å². The molecular weight excluding hydrogens is 396 g/mol. The molecule has 2 aliphatic rings. The van der Waals surface area contributed by atoms with E-state index in [4.69, 9.17) is 4.74 Å². The highest BCUT2D eigenvalue weighted by atomic mass is 32.1. The second kappa shape index (κ2) is 8.80. The number of fused-ring (bicyclic) bond motifs is 2. The molecule has 2 aromatic rings. The third-order valence-corrected chi connectivity index (χ3v) is 7.20. The molecule has 1 atom stereocenters. The monoisotopic (exact) mass is 426 g/mol. The van der Waals surface area contributed by atoms with Gasteiger partial charge in [-0.2, -0.15) is 0 Å². The molecule has 160 valence electrons. The van der Waals surface area contributed by atoms with Gasteiger partial charge in [-0.25, -0.2) is 4.79 Å². The van der Waals surface area contributed by atoms with Crippen LogP contribution in [0, 0.1) is 12.8 Å². The van der Waals surface area contributed by atoms with E-state index >= 15 is 0 Å². The van der Waals surface area contributed by atoms with E-state index in [0.29, 0.717) is 23.1 Å². The van der Waals surface area contributed by atoms with E-state index in [9.17, 15) is 9.59 Å². The lowest BCUT2D eigenvalue weighted by Crippen LogP contribution is -2.36. The molecule has 1 aromatic heterocycles. The first-order valence-electron chi connectivity index (χ1n) is 10.9. The predicted molar refractivity (Wildman–Crippen MR) is 122 cm³/mol. The molecule has 0 spiro atoms. The van der Waals surface area contributed by atoms with Gasteiger partial charge in [-0.3, -0.25) is 4.79 Å². The molecule has 30 heavy (non-hydrogen) atoms. The van der Waals surface area contributed by atoms with Crippen molar-refractivity contribution in [1.82, 2.24) is 0 Å². The van der Waals surface area contributed by atoms with Gasteiger partial charge in [0.25, 0.3) is 0 Å².